The van der Waals surface area contributed by atoms with Gasteiger partial charge in [-0.15, -0.1) is 11.3 Å². The molecule has 0 radical (unpaired) electrons. The van der Waals surface area contributed by atoms with Gasteiger partial charge in [-0.2, -0.15) is 0 Å². The Bertz CT molecular complexity index is 433. The summed E-state index contributed by atoms with van der Waals surface area (Å²) in [4.78, 5) is 25.8. The molecule has 6 heteroatoms. The highest BCUT2D eigenvalue weighted by Gasteiger charge is 2.11. The summed E-state index contributed by atoms with van der Waals surface area (Å²) in [5.74, 6) is -0.276. The number of hydrogen-bond acceptors (Lipinski definition) is 5. The maximum atomic E-state index is 11.7. The minimum Gasteiger partial charge on any atom is -0.466 e. The van der Waals surface area contributed by atoms with Gasteiger partial charge >= 0.3 is 5.97 Å². The maximum Gasteiger partial charge on any atom is 0.306 e. The van der Waals surface area contributed by atoms with Crippen molar-refractivity contribution in [3.8, 4) is 0 Å². The summed E-state index contributed by atoms with van der Waals surface area (Å²) >= 11 is 7.35. The van der Waals surface area contributed by atoms with Gasteiger partial charge < -0.3 is 4.74 Å². The molecular weight excluding hydrogens is 286 g/mol. The Morgan fingerprint density at radius 3 is 2.68 bits per heavy atom. The van der Waals surface area contributed by atoms with E-state index in [2.05, 4.69) is 0 Å². The average molecular weight is 304 g/mol. The molecule has 0 aliphatic carbocycles. The molecule has 19 heavy (non-hydrogen) atoms. The fraction of sp³-hybridized carbons (Fsp3) is 0.538. The number of rotatable bonds is 8. The third-order valence-electron chi connectivity index (χ3n) is 2.41. The predicted octanol–water partition coefficient (Wildman–Crippen LogP) is 2.75. The van der Waals surface area contributed by atoms with E-state index in [0.717, 1.165) is 9.21 Å². The number of ketones is 1. The lowest BCUT2D eigenvalue weighted by Crippen LogP contribution is -2.25. The SMILES string of the molecule is CCOC(=O)CCC(=O)CN(C)Cc1ccc(Cl)s1. The standard InChI is InChI=1S/C13H18ClNO3S/c1-3-18-13(17)7-4-10(16)8-15(2)9-11-5-6-12(14)19-11/h5-6H,3-4,7-9H2,1-2H3. The zero-order valence-electron chi connectivity index (χ0n) is 11.1. The zero-order valence-corrected chi connectivity index (χ0v) is 12.7. The number of Topliss-reactive ketones (excluding diaryl/α,β-unsaturated/α-hetero) is 1. The van der Waals surface area contributed by atoms with Gasteiger partial charge in [0.25, 0.3) is 0 Å². The van der Waals surface area contributed by atoms with Gasteiger partial charge in [0.2, 0.25) is 0 Å². The second-order valence-electron chi connectivity index (χ2n) is 4.22. The topological polar surface area (TPSA) is 46.6 Å². The number of hydrogen-bond donors (Lipinski definition) is 0. The second-order valence-corrected chi connectivity index (χ2v) is 6.02. The van der Waals surface area contributed by atoms with E-state index in [-0.39, 0.29) is 24.6 Å². The number of esters is 1. The number of thiophene rings is 1. The highest BCUT2D eigenvalue weighted by atomic mass is 35.5. The first kappa shape index (κ1) is 16.1. The Morgan fingerprint density at radius 2 is 2.11 bits per heavy atom. The van der Waals surface area contributed by atoms with Gasteiger partial charge in [-0.3, -0.25) is 14.5 Å². The van der Waals surface area contributed by atoms with Crippen LogP contribution >= 0.6 is 22.9 Å². The molecular formula is C13H18ClNO3S. The van der Waals surface area contributed by atoms with Crippen LogP contribution in [-0.2, 0) is 20.9 Å². The molecule has 1 aromatic rings. The first-order valence-electron chi connectivity index (χ1n) is 6.11. The van der Waals surface area contributed by atoms with E-state index < -0.39 is 0 Å². The number of carbonyl (C=O) groups is 2. The van der Waals surface area contributed by atoms with Crippen LogP contribution in [-0.4, -0.2) is 36.9 Å². The third kappa shape index (κ3) is 6.71. The third-order valence-corrected chi connectivity index (χ3v) is 3.63. The molecule has 1 aromatic heterocycles. The van der Waals surface area contributed by atoms with Gasteiger partial charge in [-0.1, -0.05) is 11.6 Å². The molecule has 0 aromatic carbocycles. The van der Waals surface area contributed by atoms with Gasteiger partial charge in [0, 0.05) is 17.8 Å². The van der Waals surface area contributed by atoms with E-state index >= 15 is 0 Å². The molecule has 0 bridgehead atoms. The molecule has 0 amide bonds. The summed E-state index contributed by atoms with van der Waals surface area (Å²) < 4.78 is 5.53. The van der Waals surface area contributed by atoms with Gasteiger partial charge in [0.05, 0.1) is 23.9 Å². The molecule has 0 spiro atoms. The largest absolute Gasteiger partial charge is 0.466 e. The summed E-state index contributed by atoms with van der Waals surface area (Å²) in [5.41, 5.74) is 0. The average Bonchev–Trinajstić information content (AvgIpc) is 2.72. The number of nitrogens with zero attached hydrogens (tertiary/aromatic N) is 1. The van der Waals surface area contributed by atoms with Gasteiger partial charge in [-0.25, -0.2) is 0 Å². The highest BCUT2D eigenvalue weighted by Crippen LogP contribution is 2.22. The lowest BCUT2D eigenvalue weighted by atomic mass is 10.2. The summed E-state index contributed by atoms with van der Waals surface area (Å²) in [6, 6.07) is 3.80. The van der Waals surface area contributed by atoms with E-state index in [1.807, 2.05) is 24.1 Å². The van der Waals surface area contributed by atoms with Crippen molar-refractivity contribution < 1.29 is 14.3 Å². The van der Waals surface area contributed by atoms with Gasteiger partial charge in [0.15, 0.2) is 0 Å². The lowest BCUT2D eigenvalue weighted by Gasteiger charge is -2.14. The number of ether oxygens (including phenoxy) is 1. The smallest absolute Gasteiger partial charge is 0.306 e. The number of halogens is 1. The van der Waals surface area contributed by atoms with Crippen molar-refractivity contribution in [1.29, 1.82) is 0 Å². The summed E-state index contributed by atoms with van der Waals surface area (Å²) in [5, 5.41) is 0. The van der Waals surface area contributed by atoms with Crippen molar-refractivity contribution in [3.05, 3.63) is 21.3 Å². The van der Waals surface area contributed by atoms with Crippen LogP contribution in [0, 0.1) is 0 Å². The van der Waals surface area contributed by atoms with Crippen molar-refractivity contribution in [3.63, 3.8) is 0 Å². The summed E-state index contributed by atoms with van der Waals surface area (Å²) in [6.07, 6.45) is 0.389. The molecule has 1 rings (SSSR count). The van der Waals surface area contributed by atoms with Crippen LogP contribution in [0.25, 0.3) is 0 Å². The summed E-state index contributed by atoms with van der Waals surface area (Å²) in [7, 11) is 1.87. The van der Waals surface area contributed by atoms with Crippen LogP contribution in [0.2, 0.25) is 4.34 Å². The van der Waals surface area contributed by atoms with E-state index in [4.69, 9.17) is 16.3 Å². The molecule has 106 valence electrons. The second kappa shape index (κ2) is 8.30. The molecule has 0 fully saturated rings. The van der Waals surface area contributed by atoms with Gasteiger partial charge in [-0.05, 0) is 26.1 Å². The Labute approximate surface area is 122 Å². The highest BCUT2D eigenvalue weighted by molar-refractivity contribution is 7.16. The molecule has 0 saturated heterocycles. The van der Waals surface area contributed by atoms with E-state index in [0.29, 0.717) is 19.7 Å². The predicted molar refractivity (Wildman–Crippen MR) is 76.5 cm³/mol. The van der Waals surface area contributed by atoms with Crippen LogP contribution in [0.4, 0.5) is 0 Å². The molecule has 0 unspecified atom stereocenters. The zero-order chi connectivity index (χ0) is 14.3. The van der Waals surface area contributed by atoms with Crippen LogP contribution in [0.1, 0.15) is 24.6 Å². The minimum absolute atomic E-state index is 0.0400. The quantitative estimate of drug-likeness (QED) is 0.693. The molecule has 0 aliphatic rings. The van der Waals surface area contributed by atoms with Crippen molar-refractivity contribution in [1.82, 2.24) is 4.90 Å². The van der Waals surface area contributed by atoms with Crippen LogP contribution < -0.4 is 0 Å². The van der Waals surface area contributed by atoms with Crippen molar-refractivity contribution >= 4 is 34.7 Å². The van der Waals surface area contributed by atoms with Gasteiger partial charge in [0.1, 0.15) is 5.78 Å². The Hall–Kier alpha value is -0.910. The molecule has 0 aliphatic heterocycles. The van der Waals surface area contributed by atoms with Crippen LogP contribution in [0.15, 0.2) is 12.1 Å². The maximum absolute atomic E-state index is 11.7. The molecule has 0 atom stereocenters. The molecule has 0 saturated carbocycles. The lowest BCUT2D eigenvalue weighted by molar-refractivity contribution is -0.144. The van der Waals surface area contributed by atoms with Crippen LogP contribution in [0.5, 0.6) is 0 Å². The fourth-order valence-corrected chi connectivity index (χ4v) is 2.78. The van der Waals surface area contributed by atoms with Crippen molar-refractivity contribution in [2.24, 2.45) is 0 Å². The molecule has 0 N–H and O–H groups in total. The first-order chi connectivity index (χ1) is 9.01. The minimum atomic E-state index is -0.316. The van der Waals surface area contributed by atoms with E-state index in [9.17, 15) is 9.59 Å². The van der Waals surface area contributed by atoms with Crippen molar-refractivity contribution in [2.75, 3.05) is 20.2 Å². The van der Waals surface area contributed by atoms with E-state index in [1.54, 1.807) is 6.92 Å². The Kier molecular flexibility index (Phi) is 7.05. The fourth-order valence-electron chi connectivity index (χ4n) is 1.61. The summed E-state index contributed by atoms with van der Waals surface area (Å²) in [6.45, 7) is 3.11. The molecule has 1 heterocycles. The molecule has 4 nitrogen and oxygen atoms in total. The van der Waals surface area contributed by atoms with Crippen LogP contribution in [0.3, 0.4) is 0 Å². The Balaban J connectivity index is 2.26. The normalized spacial score (nSPS) is 10.7. The van der Waals surface area contributed by atoms with E-state index in [1.165, 1.54) is 11.3 Å². The Morgan fingerprint density at radius 1 is 1.37 bits per heavy atom. The monoisotopic (exact) mass is 303 g/mol. The van der Waals surface area contributed by atoms with Crippen molar-refractivity contribution in [2.45, 2.75) is 26.3 Å². The first-order valence-corrected chi connectivity index (χ1v) is 7.30. The number of carbonyl (C=O) groups excluding carboxylic acids is 2. The number of likely N-dealkylation sites (N-methyl/N-ethyl adjacent to an activating group) is 1.